The number of aromatic amines is 1. The molecule has 2 rings (SSSR count). The molecule has 0 saturated carbocycles. The van der Waals surface area contributed by atoms with Gasteiger partial charge in [0.2, 0.25) is 0 Å². The molecule has 2 amide bonds. The van der Waals surface area contributed by atoms with Crippen LogP contribution in [-0.2, 0) is 16.0 Å². The zero-order valence-corrected chi connectivity index (χ0v) is 11.9. The SMILES string of the molecule is CN(CC1CCCO1)C(=O)N[C@H](Cc1cnc[nH]1)C(=O)O. The molecular weight excluding hydrogens is 276 g/mol. The van der Waals surface area contributed by atoms with Gasteiger partial charge in [-0.3, -0.25) is 0 Å². The van der Waals surface area contributed by atoms with Crippen molar-refractivity contribution in [3.8, 4) is 0 Å². The smallest absolute Gasteiger partial charge is 0.326 e. The van der Waals surface area contributed by atoms with Crippen LogP contribution in [0.15, 0.2) is 12.5 Å². The van der Waals surface area contributed by atoms with Gasteiger partial charge in [0, 0.05) is 38.5 Å². The topological polar surface area (TPSA) is 108 Å². The van der Waals surface area contributed by atoms with Crippen molar-refractivity contribution in [2.45, 2.75) is 31.4 Å². The lowest BCUT2D eigenvalue weighted by atomic mass is 10.1. The zero-order valence-electron chi connectivity index (χ0n) is 11.9. The van der Waals surface area contributed by atoms with Gasteiger partial charge in [-0.2, -0.15) is 0 Å². The van der Waals surface area contributed by atoms with Crippen LogP contribution in [0.3, 0.4) is 0 Å². The van der Waals surface area contributed by atoms with E-state index in [0.29, 0.717) is 12.2 Å². The minimum Gasteiger partial charge on any atom is -0.480 e. The van der Waals surface area contributed by atoms with Crippen LogP contribution in [0.25, 0.3) is 0 Å². The minimum atomic E-state index is -1.08. The van der Waals surface area contributed by atoms with Gasteiger partial charge >= 0.3 is 12.0 Å². The molecule has 2 heterocycles. The molecule has 0 bridgehead atoms. The fourth-order valence-corrected chi connectivity index (χ4v) is 2.25. The number of hydrogen-bond acceptors (Lipinski definition) is 4. The number of aliphatic carboxylic acids is 1. The summed E-state index contributed by atoms with van der Waals surface area (Å²) in [5.74, 6) is -1.08. The van der Waals surface area contributed by atoms with E-state index in [0.717, 1.165) is 19.4 Å². The van der Waals surface area contributed by atoms with Crippen LogP contribution in [0.2, 0.25) is 0 Å². The van der Waals surface area contributed by atoms with Gasteiger partial charge in [-0.25, -0.2) is 14.6 Å². The van der Waals surface area contributed by atoms with E-state index in [1.54, 1.807) is 7.05 Å². The average Bonchev–Trinajstić information content (AvgIpc) is 3.10. The van der Waals surface area contributed by atoms with E-state index in [1.165, 1.54) is 17.4 Å². The van der Waals surface area contributed by atoms with Crippen molar-refractivity contribution in [1.29, 1.82) is 0 Å². The molecule has 0 spiro atoms. The van der Waals surface area contributed by atoms with Gasteiger partial charge in [-0.15, -0.1) is 0 Å². The van der Waals surface area contributed by atoms with E-state index in [9.17, 15) is 14.7 Å². The van der Waals surface area contributed by atoms with Gasteiger partial charge in [-0.1, -0.05) is 0 Å². The van der Waals surface area contributed by atoms with Gasteiger partial charge in [0.25, 0.3) is 0 Å². The molecule has 2 atom stereocenters. The first-order chi connectivity index (χ1) is 10.1. The third-order valence-electron chi connectivity index (χ3n) is 3.42. The van der Waals surface area contributed by atoms with Crippen molar-refractivity contribution in [2.75, 3.05) is 20.2 Å². The summed E-state index contributed by atoms with van der Waals surface area (Å²) in [4.78, 5) is 31.4. The quantitative estimate of drug-likeness (QED) is 0.696. The van der Waals surface area contributed by atoms with Crippen LogP contribution in [-0.4, -0.2) is 64.3 Å². The third-order valence-corrected chi connectivity index (χ3v) is 3.42. The molecule has 8 heteroatoms. The summed E-state index contributed by atoms with van der Waals surface area (Å²) in [6.07, 6.45) is 5.13. The number of amides is 2. The second-order valence-corrected chi connectivity index (χ2v) is 5.14. The molecule has 1 aromatic heterocycles. The Morgan fingerprint density at radius 2 is 2.48 bits per heavy atom. The van der Waals surface area contributed by atoms with E-state index < -0.39 is 18.0 Å². The number of urea groups is 1. The number of hydrogen-bond donors (Lipinski definition) is 3. The predicted octanol–water partition coefficient (Wildman–Crippen LogP) is 0.226. The van der Waals surface area contributed by atoms with E-state index in [1.807, 2.05) is 0 Å². The zero-order chi connectivity index (χ0) is 15.2. The van der Waals surface area contributed by atoms with E-state index in [-0.39, 0.29) is 12.5 Å². The molecule has 3 N–H and O–H groups in total. The number of aromatic nitrogens is 2. The van der Waals surface area contributed by atoms with Crippen molar-refractivity contribution in [1.82, 2.24) is 20.2 Å². The Kier molecular flexibility index (Phi) is 5.15. The van der Waals surface area contributed by atoms with Crippen LogP contribution in [0.5, 0.6) is 0 Å². The highest BCUT2D eigenvalue weighted by molar-refractivity contribution is 5.82. The average molecular weight is 296 g/mol. The molecule has 0 aromatic carbocycles. The second kappa shape index (κ2) is 7.07. The Morgan fingerprint density at radius 1 is 1.67 bits per heavy atom. The summed E-state index contributed by atoms with van der Waals surface area (Å²) < 4.78 is 5.46. The van der Waals surface area contributed by atoms with Gasteiger partial charge in [0.1, 0.15) is 6.04 Å². The summed E-state index contributed by atoms with van der Waals surface area (Å²) in [6, 6.07) is -1.41. The molecule has 1 aromatic rings. The number of carbonyl (C=O) groups is 2. The number of likely N-dealkylation sites (N-methyl/N-ethyl adjacent to an activating group) is 1. The summed E-state index contributed by atoms with van der Waals surface area (Å²) >= 11 is 0. The lowest BCUT2D eigenvalue weighted by Crippen LogP contribution is -2.49. The Balaban J connectivity index is 1.86. The van der Waals surface area contributed by atoms with Crippen LogP contribution in [0, 0.1) is 0 Å². The van der Waals surface area contributed by atoms with Crippen LogP contribution in [0.4, 0.5) is 4.79 Å². The maximum absolute atomic E-state index is 12.0. The van der Waals surface area contributed by atoms with Crippen molar-refractivity contribution < 1.29 is 19.4 Å². The van der Waals surface area contributed by atoms with Crippen molar-refractivity contribution >= 4 is 12.0 Å². The fourth-order valence-electron chi connectivity index (χ4n) is 2.25. The molecule has 0 aliphatic carbocycles. The fraction of sp³-hybridized carbons (Fsp3) is 0.615. The first-order valence-corrected chi connectivity index (χ1v) is 6.89. The maximum Gasteiger partial charge on any atom is 0.326 e. The number of carboxylic acid groups (broad SMARTS) is 1. The van der Waals surface area contributed by atoms with Crippen LogP contribution in [0.1, 0.15) is 18.5 Å². The number of H-pyrrole nitrogens is 1. The predicted molar refractivity (Wildman–Crippen MR) is 73.9 cm³/mol. The Labute approximate surface area is 122 Å². The number of carboxylic acids is 1. The van der Waals surface area contributed by atoms with Crippen molar-refractivity contribution in [3.05, 3.63) is 18.2 Å². The van der Waals surface area contributed by atoms with Crippen LogP contribution < -0.4 is 5.32 Å². The summed E-state index contributed by atoms with van der Waals surface area (Å²) in [5.41, 5.74) is 0.657. The number of nitrogens with one attached hydrogen (secondary N) is 2. The monoisotopic (exact) mass is 296 g/mol. The lowest BCUT2D eigenvalue weighted by molar-refractivity contribution is -0.139. The Hall–Kier alpha value is -2.09. The number of carbonyl (C=O) groups excluding carboxylic acids is 1. The molecule has 1 saturated heterocycles. The number of nitrogens with zero attached hydrogens (tertiary/aromatic N) is 2. The Morgan fingerprint density at radius 3 is 3.05 bits per heavy atom. The highest BCUT2D eigenvalue weighted by atomic mass is 16.5. The minimum absolute atomic E-state index is 0.0386. The number of imidazole rings is 1. The number of ether oxygens (including phenoxy) is 1. The molecule has 21 heavy (non-hydrogen) atoms. The Bertz CT molecular complexity index is 471. The molecular formula is C13H20N4O4. The van der Waals surface area contributed by atoms with Gasteiger partial charge in [0.15, 0.2) is 0 Å². The summed E-state index contributed by atoms with van der Waals surface area (Å²) in [6.45, 7) is 1.18. The third kappa shape index (κ3) is 4.45. The highest BCUT2D eigenvalue weighted by Crippen LogP contribution is 2.12. The maximum atomic E-state index is 12.0. The first kappa shape index (κ1) is 15.3. The molecule has 116 valence electrons. The second-order valence-electron chi connectivity index (χ2n) is 5.14. The molecule has 0 radical (unpaired) electrons. The van der Waals surface area contributed by atoms with E-state index >= 15 is 0 Å². The lowest BCUT2D eigenvalue weighted by Gasteiger charge is -2.23. The van der Waals surface area contributed by atoms with Gasteiger partial charge < -0.3 is 25.0 Å². The summed E-state index contributed by atoms with van der Waals surface area (Å²) in [7, 11) is 1.63. The highest BCUT2D eigenvalue weighted by Gasteiger charge is 2.25. The largest absolute Gasteiger partial charge is 0.480 e. The summed E-state index contributed by atoms with van der Waals surface area (Å²) in [5, 5.41) is 11.7. The standard InChI is InChI=1S/C13H20N4O4/c1-17(7-10-3-2-4-21-10)13(20)16-11(12(18)19)5-9-6-14-8-15-9/h6,8,10-11H,2-5,7H2,1H3,(H,14,15)(H,16,20)(H,18,19)/t10?,11-/m1/s1. The van der Waals surface area contributed by atoms with E-state index in [4.69, 9.17) is 4.74 Å². The first-order valence-electron chi connectivity index (χ1n) is 6.89. The van der Waals surface area contributed by atoms with Crippen LogP contribution >= 0.6 is 0 Å². The molecule has 1 aliphatic rings. The van der Waals surface area contributed by atoms with Gasteiger partial charge in [0.05, 0.1) is 12.4 Å². The molecule has 1 fully saturated rings. The molecule has 1 unspecified atom stereocenters. The normalized spacial score (nSPS) is 19.2. The van der Waals surface area contributed by atoms with Gasteiger partial charge in [-0.05, 0) is 12.8 Å². The molecule has 1 aliphatic heterocycles. The molecule has 8 nitrogen and oxygen atoms in total. The number of rotatable bonds is 6. The van der Waals surface area contributed by atoms with E-state index in [2.05, 4.69) is 15.3 Å². The van der Waals surface area contributed by atoms with Crippen molar-refractivity contribution in [3.63, 3.8) is 0 Å². The van der Waals surface area contributed by atoms with Crippen molar-refractivity contribution in [2.24, 2.45) is 0 Å².